The molecule has 1 aromatic heterocycles. The number of hydrogen-bond donors (Lipinski definition) is 0. The zero-order valence-corrected chi connectivity index (χ0v) is 10.8. The number of aromatic nitrogens is 2. The van der Waals surface area contributed by atoms with E-state index in [2.05, 4.69) is 5.10 Å². The van der Waals surface area contributed by atoms with E-state index in [0.717, 1.165) is 0 Å². The third kappa shape index (κ3) is 2.83. The van der Waals surface area contributed by atoms with Gasteiger partial charge >= 0.3 is 12.1 Å². The van der Waals surface area contributed by atoms with Gasteiger partial charge in [-0.3, -0.25) is 4.79 Å². The smallest absolute Gasteiger partial charge is 0.408 e. The summed E-state index contributed by atoms with van der Waals surface area (Å²) in [6, 6.07) is 0. The van der Waals surface area contributed by atoms with Crippen LogP contribution in [0.4, 0.5) is 13.2 Å². The Hall–Kier alpha value is -1.86. The fourth-order valence-corrected chi connectivity index (χ4v) is 2.22. The zero-order valence-electron chi connectivity index (χ0n) is 10.8. The van der Waals surface area contributed by atoms with Gasteiger partial charge in [0.25, 0.3) is 0 Å². The molecule has 0 saturated carbocycles. The Kier molecular flexibility index (Phi) is 3.82. The number of ether oxygens (including phenoxy) is 1. The van der Waals surface area contributed by atoms with E-state index < -0.39 is 18.7 Å². The van der Waals surface area contributed by atoms with Crippen molar-refractivity contribution in [3.63, 3.8) is 0 Å². The molecule has 1 heterocycles. The predicted molar refractivity (Wildman–Crippen MR) is 61.5 cm³/mol. The van der Waals surface area contributed by atoms with Crippen molar-refractivity contribution in [1.29, 1.82) is 0 Å². The van der Waals surface area contributed by atoms with Crippen LogP contribution in [0.3, 0.4) is 0 Å². The van der Waals surface area contributed by atoms with Crippen LogP contribution >= 0.6 is 0 Å². The minimum Gasteiger partial charge on any atom is -0.461 e. The molecule has 110 valence electrons. The lowest BCUT2D eigenvalue weighted by molar-refractivity contribution is -0.142. The van der Waals surface area contributed by atoms with E-state index >= 15 is 0 Å². The van der Waals surface area contributed by atoms with Gasteiger partial charge in [0.1, 0.15) is 12.2 Å². The first kappa shape index (κ1) is 14.5. The molecule has 0 amide bonds. The molecule has 20 heavy (non-hydrogen) atoms. The van der Waals surface area contributed by atoms with Crippen LogP contribution in [0.5, 0.6) is 0 Å². The summed E-state index contributed by atoms with van der Waals surface area (Å²) in [7, 11) is 0. The molecular formula is C12H13F3N2O3. The van der Waals surface area contributed by atoms with Crippen LogP contribution < -0.4 is 0 Å². The van der Waals surface area contributed by atoms with Gasteiger partial charge < -0.3 is 4.74 Å². The number of halogens is 3. The number of rotatable bonds is 3. The van der Waals surface area contributed by atoms with Gasteiger partial charge in [0.15, 0.2) is 11.5 Å². The molecule has 0 radical (unpaired) electrons. The number of alkyl halides is 3. The summed E-state index contributed by atoms with van der Waals surface area (Å²) in [4.78, 5) is 23.5. The van der Waals surface area contributed by atoms with E-state index in [9.17, 15) is 22.8 Å². The third-order valence-electron chi connectivity index (χ3n) is 2.94. The monoisotopic (exact) mass is 290 g/mol. The second kappa shape index (κ2) is 5.26. The molecule has 1 aromatic rings. The van der Waals surface area contributed by atoms with Crippen molar-refractivity contribution in [1.82, 2.24) is 9.78 Å². The molecular weight excluding hydrogens is 277 g/mol. The SMILES string of the molecule is CCOC(=O)c1c2c(nn1CC(F)(F)F)C(=O)CCC2. The molecule has 1 aliphatic carbocycles. The van der Waals surface area contributed by atoms with Gasteiger partial charge in [-0.05, 0) is 19.8 Å². The first-order valence-electron chi connectivity index (χ1n) is 6.20. The number of fused-ring (bicyclic) bond motifs is 1. The molecule has 0 spiro atoms. The van der Waals surface area contributed by atoms with E-state index in [-0.39, 0.29) is 35.8 Å². The summed E-state index contributed by atoms with van der Waals surface area (Å²) in [5, 5.41) is 3.67. The molecule has 0 unspecified atom stereocenters. The van der Waals surface area contributed by atoms with Gasteiger partial charge in [-0.1, -0.05) is 0 Å². The normalized spacial score (nSPS) is 15.1. The summed E-state index contributed by atoms with van der Waals surface area (Å²) in [6.45, 7) is 0.181. The van der Waals surface area contributed by atoms with Gasteiger partial charge in [0, 0.05) is 12.0 Å². The zero-order chi connectivity index (χ0) is 14.9. The van der Waals surface area contributed by atoms with E-state index in [1.54, 1.807) is 6.92 Å². The average molecular weight is 290 g/mol. The van der Waals surface area contributed by atoms with Crippen LogP contribution in [0.15, 0.2) is 0 Å². The van der Waals surface area contributed by atoms with Crippen LogP contribution in [0.25, 0.3) is 0 Å². The van der Waals surface area contributed by atoms with Crippen molar-refractivity contribution in [2.24, 2.45) is 0 Å². The number of carbonyl (C=O) groups excluding carboxylic acids is 2. The average Bonchev–Trinajstić information content (AvgIpc) is 2.66. The summed E-state index contributed by atoms with van der Waals surface area (Å²) in [5.41, 5.74) is -0.0280. The quantitative estimate of drug-likeness (QED) is 0.800. The van der Waals surface area contributed by atoms with Gasteiger partial charge in [0.2, 0.25) is 0 Å². The Morgan fingerprint density at radius 3 is 2.70 bits per heavy atom. The van der Waals surface area contributed by atoms with Crippen LogP contribution in [0.2, 0.25) is 0 Å². The largest absolute Gasteiger partial charge is 0.461 e. The number of carbonyl (C=O) groups is 2. The molecule has 0 N–H and O–H groups in total. The Morgan fingerprint density at radius 2 is 2.10 bits per heavy atom. The second-order valence-electron chi connectivity index (χ2n) is 4.45. The van der Waals surface area contributed by atoms with Crippen LogP contribution in [-0.2, 0) is 17.7 Å². The molecule has 1 aliphatic rings. The molecule has 8 heteroatoms. The minimum atomic E-state index is -4.53. The molecule has 0 atom stereocenters. The van der Waals surface area contributed by atoms with Crippen LogP contribution in [0, 0.1) is 0 Å². The van der Waals surface area contributed by atoms with E-state index in [1.807, 2.05) is 0 Å². The van der Waals surface area contributed by atoms with Gasteiger partial charge in [-0.2, -0.15) is 18.3 Å². The Morgan fingerprint density at radius 1 is 1.40 bits per heavy atom. The highest BCUT2D eigenvalue weighted by atomic mass is 19.4. The maximum Gasteiger partial charge on any atom is 0.408 e. The van der Waals surface area contributed by atoms with E-state index in [4.69, 9.17) is 4.74 Å². The number of nitrogens with zero attached hydrogens (tertiary/aromatic N) is 2. The summed E-state index contributed by atoms with van der Waals surface area (Å²) in [5.74, 6) is -1.21. The summed E-state index contributed by atoms with van der Waals surface area (Å²) < 4.78 is 42.9. The molecule has 2 rings (SSSR count). The van der Waals surface area contributed by atoms with Crippen LogP contribution in [-0.4, -0.2) is 34.3 Å². The van der Waals surface area contributed by atoms with Crippen molar-refractivity contribution in [2.45, 2.75) is 38.9 Å². The lowest BCUT2D eigenvalue weighted by Crippen LogP contribution is -2.23. The Bertz CT molecular complexity index is 549. The fourth-order valence-electron chi connectivity index (χ4n) is 2.22. The van der Waals surface area contributed by atoms with Crippen molar-refractivity contribution in [3.05, 3.63) is 17.0 Å². The van der Waals surface area contributed by atoms with Crippen molar-refractivity contribution < 1.29 is 27.5 Å². The number of Topliss-reactive ketones (excluding diaryl/α,β-unsaturated/α-hetero) is 1. The predicted octanol–water partition coefficient (Wildman–Crippen LogP) is 2.14. The van der Waals surface area contributed by atoms with Crippen molar-refractivity contribution in [3.8, 4) is 0 Å². The lowest BCUT2D eigenvalue weighted by atomic mass is 9.95. The van der Waals surface area contributed by atoms with Gasteiger partial charge in [0.05, 0.1) is 6.61 Å². The third-order valence-corrected chi connectivity index (χ3v) is 2.94. The highest BCUT2D eigenvalue weighted by molar-refractivity contribution is 6.00. The molecule has 0 saturated heterocycles. The first-order chi connectivity index (χ1) is 9.33. The Labute approximate surface area is 112 Å². The number of ketones is 1. The number of esters is 1. The molecule has 0 aliphatic heterocycles. The van der Waals surface area contributed by atoms with E-state index in [1.165, 1.54) is 0 Å². The summed E-state index contributed by atoms with van der Waals surface area (Å²) in [6.07, 6.45) is -3.44. The molecule has 0 aromatic carbocycles. The topological polar surface area (TPSA) is 61.2 Å². The Balaban J connectivity index is 2.49. The number of hydrogen-bond acceptors (Lipinski definition) is 4. The maximum atomic E-state index is 12.5. The second-order valence-corrected chi connectivity index (χ2v) is 4.45. The van der Waals surface area contributed by atoms with Gasteiger partial charge in [-0.15, -0.1) is 0 Å². The highest BCUT2D eigenvalue weighted by Gasteiger charge is 2.35. The first-order valence-corrected chi connectivity index (χ1v) is 6.20. The standard InChI is InChI=1S/C12H13F3N2O3/c1-2-20-11(19)10-7-4-3-5-8(18)9(7)16-17(10)6-12(13,14)15/h2-6H2,1H3. The van der Waals surface area contributed by atoms with Crippen LogP contribution in [0.1, 0.15) is 46.3 Å². The maximum absolute atomic E-state index is 12.5. The van der Waals surface area contributed by atoms with Gasteiger partial charge in [-0.25, -0.2) is 9.48 Å². The molecule has 0 fully saturated rings. The van der Waals surface area contributed by atoms with Crippen molar-refractivity contribution >= 4 is 11.8 Å². The molecule has 5 nitrogen and oxygen atoms in total. The van der Waals surface area contributed by atoms with E-state index in [0.29, 0.717) is 17.5 Å². The van der Waals surface area contributed by atoms with Crippen molar-refractivity contribution in [2.75, 3.05) is 6.61 Å². The highest BCUT2D eigenvalue weighted by Crippen LogP contribution is 2.27. The lowest BCUT2D eigenvalue weighted by Gasteiger charge is -2.11. The fraction of sp³-hybridized carbons (Fsp3) is 0.583. The molecule has 0 bridgehead atoms. The summed E-state index contributed by atoms with van der Waals surface area (Å²) >= 11 is 0. The minimum absolute atomic E-state index is 0.0384.